The van der Waals surface area contributed by atoms with E-state index in [0.29, 0.717) is 32.6 Å². The first kappa shape index (κ1) is 12.7. The Morgan fingerprint density at radius 3 is 2.50 bits per heavy atom. The maximum Gasteiger partial charge on any atom is 0.295 e. The Labute approximate surface area is 94.1 Å². The molecule has 0 spiro atoms. The first-order valence-corrected chi connectivity index (χ1v) is 5.41. The number of hydrogen-bond donors (Lipinski definition) is 0. The third-order valence-corrected chi connectivity index (χ3v) is 2.53. The number of carbonyl (C=O) groups excluding carboxylic acids is 1. The van der Waals surface area contributed by atoms with E-state index < -0.39 is 5.09 Å². The Kier molecular flexibility index (Phi) is 4.97. The number of nitrogens with zero attached hydrogens (tertiary/aromatic N) is 3. The van der Waals surface area contributed by atoms with Crippen LogP contribution in [0.1, 0.15) is 19.8 Å². The van der Waals surface area contributed by atoms with Crippen LogP contribution in [0.3, 0.4) is 0 Å². The Morgan fingerprint density at radius 2 is 2.00 bits per heavy atom. The maximum atomic E-state index is 11.5. The summed E-state index contributed by atoms with van der Waals surface area (Å²) in [5.74, 6) is 0.164. The fourth-order valence-corrected chi connectivity index (χ4v) is 1.63. The van der Waals surface area contributed by atoms with Crippen molar-refractivity contribution in [2.45, 2.75) is 19.8 Å². The van der Waals surface area contributed by atoms with Crippen LogP contribution in [0.25, 0.3) is 0 Å². The normalized spacial score (nSPS) is 17.2. The molecule has 1 rings (SSSR count). The molecule has 0 aliphatic carbocycles. The lowest BCUT2D eigenvalue weighted by atomic mass is 10.2. The maximum absolute atomic E-state index is 11.5. The average molecular weight is 231 g/mol. The second-order valence-corrected chi connectivity index (χ2v) is 3.73. The smallest absolute Gasteiger partial charge is 0.295 e. The van der Waals surface area contributed by atoms with Gasteiger partial charge < -0.3 is 4.90 Å². The van der Waals surface area contributed by atoms with Crippen molar-refractivity contribution in [3.05, 3.63) is 10.1 Å². The van der Waals surface area contributed by atoms with Crippen molar-refractivity contribution in [3.63, 3.8) is 0 Å². The fraction of sp³-hybridized carbons (Fsp3) is 0.889. The van der Waals surface area contributed by atoms with E-state index in [1.807, 2.05) is 11.8 Å². The van der Waals surface area contributed by atoms with Crippen LogP contribution in [0.4, 0.5) is 0 Å². The molecule has 0 aromatic heterocycles. The highest BCUT2D eigenvalue weighted by Crippen LogP contribution is 2.04. The summed E-state index contributed by atoms with van der Waals surface area (Å²) in [6.45, 7) is 4.47. The van der Waals surface area contributed by atoms with Crippen molar-refractivity contribution in [2.75, 3.05) is 32.9 Å². The van der Waals surface area contributed by atoms with Crippen molar-refractivity contribution in [3.8, 4) is 0 Å². The minimum atomic E-state index is -0.797. The van der Waals surface area contributed by atoms with Crippen LogP contribution < -0.4 is 0 Å². The van der Waals surface area contributed by atoms with Gasteiger partial charge in [-0.1, -0.05) is 6.92 Å². The summed E-state index contributed by atoms with van der Waals surface area (Å²) >= 11 is 0. The van der Waals surface area contributed by atoms with Gasteiger partial charge in [0.05, 0.1) is 0 Å². The van der Waals surface area contributed by atoms with Gasteiger partial charge in [-0.05, 0) is 6.42 Å². The van der Waals surface area contributed by atoms with Gasteiger partial charge in [0.25, 0.3) is 5.09 Å². The van der Waals surface area contributed by atoms with Crippen molar-refractivity contribution in [2.24, 2.45) is 0 Å². The number of carbonyl (C=O) groups is 1. The zero-order valence-corrected chi connectivity index (χ0v) is 9.42. The average Bonchev–Trinajstić information content (AvgIpc) is 2.27. The molecule has 16 heavy (non-hydrogen) atoms. The summed E-state index contributed by atoms with van der Waals surface area (Å²) in [4.78, 5) is 29.4. The molecular formula is C9H17N3O4. The van der Waals surface area contributed by atoms with Gasteiger partial charge in [-0.25, -0.2) is 0 Å². The van der Waals surface area contributed by atoms with Crippen LogP contribution in [0, 0.1) is 10.1 Å². The van der Waals surface area contributed by atoms with Crippen molar-refractivity contribution < 1.29 is 14.7 Å². The highest BCUT2D eigenvalue weighted by molar-refractivity contribution is 5.76. The predicted octanol–water partition coefficient (Wildman–Crippen LogP) is 0.0965. The monoisotopic (exact) mass is 231 g/mol. The van der Waals surface area contributed by atoms with Crippen LogP contribution in [0.2, 0.25) is 0 Å². The second-order valence-electron chi connectivity index (χ2n) is 3.73. The van der Waals surface area contributed by atoms with Crippen LogP contribution in [0.15, 0.2) is 0 Å². The van der Waals surface area contributed by atoms with E-state index in [2.05, 4.69) is 4.84 Å². The third-order valence-electron chi connectivity index (χ3n) is 2.53. The standard InChI is InChI=1S/C9H17N3O4/c1-2-3-9(13)11-6-4-10(5-7-11)8-16-12(14)15/h2-8H2,1H3. The zero-order valence-electron chi connectivity index (χ0n) is 9.42. The van der Waals surface area contributed by atoms with Gasteiger partial charge in [-0.3, -0.25) is 14.5 Å². The zero-order chi connectivity index (χ0) is 12.0. The molecule has 7 nitrogen and oxygen atoms in total. The molecule has 0 aromatic carbocycles. The topological polar surface area (TPSA) is 75.9 Å². The van der Waals surface area contributed by atoms with Crippen LogP contribution in [0.5, 0.6) is 0 Å². The highest BCUT2D eigenvalue weighted by Gasteiger charge is 2.20. The van der Waals surface area contributed by atoms with Gasteiger partial charge in [0.15, 0.2) is 0 Å². The van der Waals surface area contributed by atoms with Crippen molar-refractivity contribution in [1.82, 2.24) is 9.80 Å². The molecule has 0 saturated carbocycles. The highest BCUT2D eigenvalue weighted by atomic mass is 17.0. The first-order valence-electron chi connectivity index (χ1n) is 5.41. The lowest BCUT2D eigenvalue weighted by Gasteiger charge is -2.33. The van der Waals surface area contributed by atoms with Gasteiger partial charge in [0, 0.05) is 32.6 Å². The van der Waals surface area contributed by atoms with Gasteiger partial charge >= 0.3 is 0 Å². The minimum Gasteiger partial charge on any atom is -0.340 e. The van der Waals surface area contributed by atoms with Crippen molar-refractivity contribution in [1.29, 1.82) is 0 Å². The summed E-state index contributed by atoms with van der Waals surface area (Å²) in [7, 11) is 0. The van der Waals surface area contributed by atoms with E-state index in [-0.39, 0.29) is 12.6 Å². The van der Waals surface area contributed by atoms with Gasteiger partial charge in [-0.15, -0.1) is 10.1 Å². The molecule has 1 aliphatic rings. The largest absolute Gasteiger partial charge is 0.340 e. The summed E-state index contributed by atoms with van der Waals surface area (Å²) in [5, 5.41) is 9.19. The molecule has 7 heteroatoms. The summed E-state index contributed by atoms with van der Waals surface area (Å²) in [6.07, 6.45) is 1.43. The second kappa shape index (κ2) is 6.26. The van der Waals surface area contributed by atoms with E-state index >= 15 is 0 Å². The molecule has 1 fully saturated rings. The molecule has 92 valence electrons. The van der Waals surface area contributed by atoms with Crippen LogP contribution >= 0.6 is 0 Å². The van der Waals surface area contributed by atoms with Gasteiger partial charge in [0.1, 0.15) is 6.73 Å². The third kappa shape index (κ3) is 4.01. The molecule has 0 bridgehead atoms. The van der Waals surface area contributed by atoms with Crippen LogP contribution in [-0.4, -0.2) is 53.7 Å². The Morgan fingerprint density at radius 1 is 1.38 bits per heavy atom. The number of hydrogen-bond acceptors (Lipinski definition) is 5. The van der Waals surface area contributed by atoms with E-state index in [9.17, 15) is 14.9 Å². The van der Waals surface area contributed by atoms with E-state index in [0.717, 1.165) is 6.42 Å². The molecule has 0 aromatic rings. The fourth-order valence-electron chi connectivity index (χ4n) is 1.63. The molecule has 0 radical (unpaired) electrons. The molecular weight excluding hydrogens is 214 g/mol. The number of rotatable bonds is 5. The SMILES string of the molecule is CCCC(=O)N1CCN(CO[N+](=O)[O-])CC1. The number of piperazine rings is 1. The molecule has 1 aliphatic heterocycles. The van der Waals surface area contributed by atoms with Crippen molar-refractivity contribution >= 4 is 5.91 Å². The molecule has 0 N–H and O–H groups in total. The summed E-state index contributed by atoms with van der Waals surface area (Å²) in [6, 6.07) is 0. The van der Waals surface area contributed by atoms with E-state index in [1.165, 1.54) is 0 Å². The molecule has 1 saturated heterocycles. The van der Waals surface area contributed by atoms with E-state index in [4.69, 9.17) is 0 Å². The Hall–Kier alpha value is -1.37. The Balaban J connectivity index is 2.23. The quantitative estimate of drug-likeness (QED) is 0.495. The lowest BCUT2D eigenvalue weighted by Crippen LogP contribution is -2.49. The summed E-state index contributed by atoms with van der Waals surface area (Å²) < 4.78 is 0. The Bertz CT molecular complexity index is 251. The van der Waals surface area contributed by atoms with Gasteiger partial charge in [-0.2, -0.15) is 0 Å². The van der Waals surface area contributed by atoms with Gasteiger partial charge in [0.2, 0.25) is 5.91 Å². The molecule has 0 atom stereocenters. The number of amides is 1. The molecule has 1 amide bonds. The minimum absolute atomic E-state index is 0.0111. The lowest BCUT2D eigenvalue weighted by molar-refractivity contribution is -0.762. The molecule has 1 heterocycles. The first-order chi connectivity index (χ1) is 7.63. The predicted molar refractivity (Wildman–Crippen MR) is 56.0 cm³/mol. The van der Waals surface area contributed by atoms with Crippen LogP contribution in [-0.2, 0) is 9.63 Å². The van der Waals surface area contributed by atoms with E-state index in [1.54, 1.807) is 4.90 Å². The molecule has 0 unspecified atom stereocenters. The summed E-state index contributed by atoms with van der Waals surface area (Å²) in [5.41, 5.74) is 0.